The van der Waals surface area contributed by atoms with E-state index in [1.165, 1.54) is 19.3 Å². The molecule has 0 heterocycles. The van der Waals surface area contributed by atoms with Crippen LogP contribution >= 0.6 is 0 Å². The van der Waals surface area contributed by atoms with Gasteiger partial charge in [0, 0.05) is 6.04 Å². The number of rotatable bonds is 4. The minimum atomic E-state index is 0.626. The van der Waals surface area contributed by atoms with Gasteiger partial charge in [0.25, 0.3) is 0 Å². The molecule has 0 amide bonds. The van der Waals surface area contributed by atoms with Crippen LogP contribution in [0.5, 0.6) is 0 Å². The van der Waals surface area contributed by atoms with Crippen LogP contribution in [0.4, 0.5) is 0 Å². The van der Waals surface area contributed by atoms with Gasteiger partial charge in [-0.05, 0) is 48.8 Å². The van der Waals surface area contributed by atoms with Crippen molar-refractivity contribution < 1.29 is 0 Å². The lowest BCUT2D eigenvalue weighted by Crippen LogP contribution is -2.40. The normalized spacial score (nSPS) is 21.3. The minimum Gasteiger partial charge on any atom is -0.313 e. The van der Waals surface area contributed by atoms with E-state index in [9.17, 15) is 0 Å². The highest BCUT2D eigenvalue weighted by atomic mass is 14.9. The van der Waals surface area contributed by atoms with E-state index in [0.29, 0.717) is 17.9 Å². The number of nitrogens with one attached hydrogen (secondary N) is 1. The standard InChI is InChI=1S/C16H25N/c1-4-17-16(12(2)3)15-11-7-9-13-8-5-6-10-14(13)15/h5-6,8,10,12,15-17H,4,7,9,11H2,1-3H3. The van der Waals surface area contributed by atoms with Crippen molar-refractivity contribution in [3.63, 3.8) is 0 Å². The molecule has 1 heteroatoms. The van der Waals surface area contributed by atoms with Crippen molar-refractivity contribution >= 4 is 0 Å². The van der Waals surface area contributed by atoms with Crippen LogP contribution in [-0.4, -0.2) is 12.6 Å². The first-order valence-corrected chi connectivity index (χ1v) is 7.05. The SMILES string of the molecule is CCNC(C(C)C)C1CCCc2ccccc21. The van der Waals surface area contributed by atoms with E-state index < -0.39 is 0 Å². The zero-order valence-electron chi connectivity index (χ0n) is 11.4. The van der Waals surface area contributed by atoms with Gasteiger partial charge in [0.15, 0.2) is 0 Å². The molecule has 0 aromatic heterocycles. The van der Waals surface area contributed by atoms with E-state index in [2.05, 4.69) is 50.4 Å². The third kappa shape index (κ3) is 2.71. The second-order valence-electron chi connectivity index (χ2n) is 5.53. The van der Waals surface area contributed by atoms with Gasteiger partial charge >= 0.3 is 0 Å². The number of aryl methyl sites for hydroxylation is 1. The van der Waals surface area contributed by atoms with E-state index in [1.807, 2.05) is 0 Å². The number of benzene rings is 1. The average molecular weight is 231 g/mol. The van der Waals surface area contributed by atoms with Gasteiger partial charge in [-0.25, -0.2) is 0 Å². The quantitative estimate of drug-likeness (QED) is 0.832. The smallest absolute Gasteiger partial charge is 0.0159 e. The van der Waals surface area contributed by atoms with Crippen LogP contribution in [0.2, 0.25) is 0 Å². The van der Waals surface area contributed by atoms with E-state index in [0.717, 1.165) is 6.54 Å². The second-order valence-corrected chi connectivity index (χ2v) is 5.53. The van der Waals surface area contributed by atoms with Gasteiger partial charge in [-0.15, -0.1) is 0 Å². The Morgan fingerprint density at radius 1 is 1.29 bits per heavy atom. The van der Waals surface area contributed by atoms with E-state index in [-0.39, 0.29) is 0 Å². The molecule has 1 aliphatic rings. The molecule has 2 unspecified atom stereocenters. The van der Waals surface area contributed by atoms with Gasteiger partial charge in [0.05, 0.1) is 0 Å². The van der Waals surface area contributed by atoms with Gasteiger partial charge in [-0.3, -0.25) is 0 Å². The summed E-state index contributed by atoms with van der Waals surface area (Å²) < 4.78 is 0. The van der Waals surface area contributed by atoms with Gasteiger partial charge in [-0.2, -0.15) is 0 Å². The monoisotopic (exact) mass is 231 g/mol. The number of hydrogen-bond acceptors (Lipinski definition) is 1. The molecule has 0 saturated carbocycles. The van der Waals surface area contributed by atoms with Crippen LogP contribution in [0.1, 0.15) is 50.7 Å². The first-order chi connectivity index (χ1) is 8.24. The molecule has 2 atom stereocenters. The number of likely N-dealkylation sites (N-methyl/N-ethyl adjacent to an activating group) is 1. The maximum atomic E-state index is 3.69. The van der Waals surface area contributed by atoms with Gasteiger partial charge in [0.1, 0.15) is 0 Å². The van der Waals surface area contributed by atoms with Crippen molar-refractivity contribution in [2.24, 2.45) is 5.92 Å². The zero-order chi connectivity index (χ0) is 12.3. The highest BCUT2D eigenvalue weighted by Crippen LogP contribution is 2.36. The lowest BCUT2D eigenvalue weighted by atomic mass is 9.75. The summed E-state index contributed by atoms with van der Waals surface area (Å²) in [5.74, 6) is 1.41. The number of fused-ring (bicyclic) bond motifs is 1. The summed E-state index contributed by atoms with van der Waals surface area (Å²) in [5, 5.41) is 3.69. The van der Waals surface area contributed by atoms with Crippen molar-refractivity contribution in [1.29, 1.82) is 0 Å². The molecule has 1 nitrogen and oxygen atoms in total. The first kappa shape index (κ1) is 12.6. The molecule has 1 aromatic rings. The molecular weight excluding hydrogens is 206 g/mol. The number of hydrogen-bond donors (Lipinski definition) is 1. The molecular formula is C16H25N. The summed E-state index contributed by atoms with van der Waals surface area (Å²) in [7, 11) is 0. The maximum Gasteiger partial charge on any atom is 0.0159 e. The Morgan fingerprint density at radius 2 is 2.06 bits per heavy atom. The van der Waals surface area contributed by atoms with Crippen LogP contribution in [0.15, 0.2) is 24.3 Å². The second kappa shape index (κ2) is 5.68. The molecule has 0 radical (unpaired) electrons. The predicted octanol–water partition coefficient (Wildman–Crippen LogP) is 3.74. The Hall–Kier alpha value is -0.820. The average Bonchev–Trinajstić information content (AvgIpc) is 2.35. The van der Waals surface area contributed by atoms with Crippen LogP contribution in [0.25, 0.3) is 0 Å². The molecule has 0 aliphatic heterocycles. The highest BCUT2D eigenvalue weighted by molar-refractivity contribution is 5.33. The fraction of sp³-hybridized carbons (Fsp3) is 0.625. The third-order valence-corrected chi connectivity index (χ3v) is 4.01. The minimum absolute atomic E-state index is 0.626. The van der Waals surface area contributed by atoms with E-state index in [1.54, 1.807) is 11.1 Å². The van der Waals surface area contributed by atoms with Gasteiger partial charge in [-0.1, -0.05) is 45.0 Å². The molecule has 0 bridgehead atoms. The topological polar surface area (TPSA) is 12.0 Å². The molecule has 1 N–H and O–H groups in total. The van der Waals surface area contributed by atoms with Crippen molar-refractivity contribution in [3.05, 3.63) is 35.4 Å². The van der Waals surface area contributed by atoms with Crippen LogP contribution in [-0.2, 0) is 6.42 Å². The Morgan fingerprint density at radius 3 is 2.76 bits per heavy atom. The van der Waals surface area contributed by atoms with Crippen LogP contribution in [0, 0.1) is 5.92 Å². The molecule has 1 aliphatic carbocycles. The summed E-state index contributed by atoms with van der Waals surface area (Å²) in [6.45, 7) is 7.96. The molecule has 2 rings (SSSR count). The molecule has 1 aromatic carbocycles. The summed E-state index contributed by atoms with van der Waals surface area (Å²) in [5.41, 5.74) is 3.17. The maximum absolute atomic E-state index is 3.69. The largest absolute Gasteiger partial charge is 0.313 e. The highest BCUT2D eigenvalue weighted by Gasteiger charge is 2.28. The van der Waals surface area contributed by atoms with Crippen molar-refractivity contribution in [1.82, 2.24) is 5.32 Å². The summed E-state index contributed by atoms with van der Waals surface area (Å²) >= 11 is 0. The summed E-state index contributed by atoms with van der Waals surface area (Å²) in [6.07, 6.45) is 3.95. The predicted molar refractivity (Wildman–Crippen MR) is 74.4 cm³/mol. The Kier molecular flexibility index (Phi) is 4.22. The summed E-state index contributed by atoms with van der Waals surface area (Å²) in [4.78, 5) is 0. The summed E-state index contributed by atoms with van der Waals surface area (Å²) in [6, 6.07) is 9.65. The lowest BCUT2D eigenvalue weighted by Gasteiger charge is -2.35. The fourth-order valence-electron chi connectivity index (χ4n) is 3.24. The van der Waals surface area contributed by atoms with Crippen molar-refractivity contribution in [3.8, 4) is 0 Å². The molecule has 0 spiro atoms. The Balaban J connectivity index is 2.27. The van der Waals surface area contributed by atoms with Crippen molar-refractivity contribution in [2.45, 2.75) is 52.0 Å². The Labute approximate surface area is 106 Å². The molecule has 94 valence electrons. The molecule has 0 fully saturated rings. The zero-order valence-corrected chi connectivity index (χ0v) is 11.4. The Bertz CT molecular complexity index is 356. The van der Waals surface area contributed by atoms with Gasteiger partial charge in [0.2, 0.25) is 0 Å². The first-order valence-electron chi connectivity index (χ1n) is 7.05. The van der Waals surface area contributed by atoms with Gasteiger partial charge < -0.3 is 5.32 Å². The van der Waals surface area contributed by atoms with Crippen molar-refractivity contribution in [2.75, 3.05) is 6.54 Å². The molecule has 0 saturated heterocycles. The third-order valence-electron chi connectivity index (χ3n) is 4.01. The molecule has 17 heavy (non-hydrogen) atoms. The fourth-order valence-corrected chi connectivity index (χ4v) is 3.24. The van der Waals surface area contributed by atoms with Crippen LogP contribution in [0.3, 0.4) is 0 Å². The lowest BCUT2D eigenvalue weighted by molar-refractivity contribution is 0.322. The van der Waals surface area contributed by atoms with E-state index in [4.69, 9.17) is 0 Å². The van der Waals surface area contributed by atoms with E-state index >= 15 is 0 Å². The van der Waals surface area contributed by atoms with Crippen LogP contribution < -0.4 is 5.32 Å².